The average Bonchev–Trinajstić information content (AvgIpc) is 3.22. The lowest BCUT2D eigenvalue weighted by molar-refractivity contribution is 0.0698. The van der Waals surface area contributed by atoms with E-state index in [0.717, 1.165) is 12.8 Å². The highest BCUT2D eigenvalue weighted by atomic mass is 79.9. The van der Waals surface area contributed by atoms with Crippen LogP contribution in [0.2, 0.25) is 0 Å². The molecule has 0 spiro atoms. The quantitative estimate of drug-likeness (QED) is 0.844. The number of nitrogens with one attached hydrogen (secondary N) is 1. The summed E-state index contributed by atoms with van der Waals surface area (Å²) in [5, 5.41) is 12.0. The third-order valence-electron chi connectivity index (χ3n) is 3.29. The van der Waals surface area contributed by atoms with Gasteiger partial charge in [-0.15, -0.1) is 0 Å². The maximum atomic E-state index is 12.5. The van der Waals surface area contributed by atoms with Gasteiger partial charge in [0.15, 0.2) is 0 Å². The molecule has 2 N–H and O–H groups in total. The number of amides is 2. The summed E-state index contributed by atoms with van der Waals surface area (Å²) in [5.41, 5.74) is 0.391. The highest BCUT2D eigenvalue weighted by molar-refractivity contribution is 9.10. The number of carbonyl (C=O) groups excluding carboxylic acids is 1. The number of benzene rings is 1. The van der Waals surface area contributed by atoms with Gasteiger partial charge in [0, 0.05) is 17.1 Å². The van der Waals surface area contributed by atoms with Gasteiger partial charge in [-0.2, -0.15) is 0 Å². The lowest BCUT2D eigenvalue weighted by atomic mass is 10.2. The Morgan fingerprint density at radius 2 is 2.10 bits per heavy atom. The zero-order valence-electron chi connectivity index (χ0n) is 12.1. The maximum Gasteiger partial charge on any atom is 0.337 e. The normalized spacial score (nSPS) is 14.1. The molecule has 1 aromatic rings. The lowest BCUT2D eigenvalue weighted by Gasteiger charge is -2.25. The monoisotopic (exact) mass is 354 g/mol. The molecular formula is C15H19BrN2O3. The molecule has 1 saturated carbocycles. The molecule has 2 amide bonds. The van der Waals surface area contributed by atoms with E-state index in [2.05, 4.69) is 35.1 Å². The Morgan fingerprint density at radius 1 is 1.43 bits per heavy atom. The first kappa shape index (κ1) is 15.8. The standard InChI is InChI=1S/C15H19BrN2O3/c1-9(2)8-18(10-6-7-10)15(21)17-13-11(14(19)20)4-3-5-12(13)16/h3-5,9-10H,6-8H2,1-2H3,(H,17,21)(H,19,20). The molecule has 2 rings (SSSR count). The topological polar surface area (TPSA) is 69.6 Å². The van der Waals surface area contributed by atoms with Crippen molar-refractivity contribution in [2.75, 3.05) is 11.9 Å². The first-order valence-corrected chi connectivity index (χ1v) is 7.79. The second-order valence-corrected chi connectivity index (χ2v) is 6.53. The number of aromatic carboxylic acids is 1. The molecule has 1 aliphatic rings. The van der Waals surface area contributed by atoms with E-state index in [1.807, 2.05) is 0 Å². The average molecular weight is 355 g/mol. The molecule has 0 atom stereocenters. The molecule has 6 heteroatoms. The van der Waals surface area contributed by atoms with Gasteiger partial charge < -0.3 is 15.3 Å². The summed E-state index contributed by atoms with van der Waals surface area (Å²) in [6, 6.07) is 4.87. The predicted octanol–water partition coefficient (Wildman–Crippen LogP) is 3.80. The van der Waals surface area contributed by atoms with Crippen molar-refractivity contribution in [3.05, 3.63) is 28.2 Å². The van der Waals surface area contributed by atoms with E-state index in [0.29, 0.717) is 22.6 Å². The van der Waals surface area contributed by atoms with Gasteiger partial charge in [-0.05, 0) is 46.8 Å². The molecule has 0 bridgehead atoms. The van der Waals surface area contributed by atoms with Crippen molar-refractivity contribution in [1.29, 1.82) is 0 Å². The van der Waals surface area contributed by atoms with Gasteiger partial charge in [0.25, 0.3) is 0 Å². The first-order chi connectivity index (χ1) is 9.90. The fraction of sp³-hybridized carbons (Fsp3) is 0.467. The Hall–Kier alpha value is -1.56. The Balaban J connectivity index is 2.20. The van der Waals surface area contributed by atoms with E-state index in [1.165, 1.54) is 6.07 Å². The maximum absolute atomic E-state index is 12.5. The van der Waals surface area contributed by atoms with Crippen LogP contribution in [0.25, 0.3) is 0 Å². The third kappa shape index (κ3) is 3.97. The third-order valence-corrected chi connectivity index (χ3v) is 3.95. The van der Waals surface area contributed by atoms with Gasteiger partial charge in [0.05, 0.1) is 11.3 Å². The van der Waals surface area contributed by atoms with Crippen LogP contribution in [0, 0.1) is 5.92 Å². The second kappa shape index (κ2) is 6.47. The summed E-state index contributed by atoms with van der Waals surface area (Å²) in [4.78, 5) is 25.5. The number of hydrogen-bond donors (Lipinski definition) is 2. The summed E-state index contributed by atoms with van der Waals surface area (Å²) in [7, 11) is 0. The van der Waals surface area contributed by atoms with Crippen LogP contribution in [0.1, 0.15) is 37.0 Å². The van der Waals surface area contributed by atoms with Gasteiger partial charge >= 0.3 is 12.0 Å². The number of halogens is 1. The van der Waals surface area contributed by atoms with Crippen molar-refractivity contribution in [2.45, 2.75) is 32.7 Å². The Labute approximate surface area is 132 Å². The zero-order chi connectivity index (χ0) is 15.6. The fourth-order valence-corrected chi connectivity index (χ4v) is 2.65. The number of carboxylic acids is 1. The van der Waals surface area contributed by atoms with E-state index in [1.54, 1.807) is 17.0 Å². The van der Waals surface area contributed by atoms with Crippen molar-refractivity contribution in [2.24, 2.45) is 5.92 Å². The predicted molar refractivity (Wildman–Crippen MR) is 84.7 cm³/mol. The summed E-state index contributed by atoms with van der Waals surface area (Å²) >= 11 is 3.30. The number of urea groups is 1. The molecular weight excluding hydrogens is 336 g/mol. The van der Waals surface area contributed by atoms with E-state index in [4.69, 9.17) is 0 Å². The largest absolute Gasteiger partial charge is 0.478 e. The van der Waals surface area contributed by atoms with E-state index >= 15 is 0 Å². The molecule has 0 unspecified atom stereocenters. The molecule has 1 aromatic carbocycles. The number of carboxylic acid groups (broad SMARTS) is 1. The van der Waals surface area contributed by atoms with Crippen molar-refractivity contribution in [3.63, 3.8) is 0 Å². The molecule has 5 nitrogen and oxygen atoms in total. The van der Waals surface area contributed by atoms with Gasteiger partial charge in [0.2, 0.25) is 0 Å². The van der Waals surface area contributed by atoms with Crippen LogP contribution in [0.3, 0.4) is 0 Å². The summed E-state index contributed by atoms with van der Waals surface area (Å²) in [5.74, 6) is -0.692. The van der Waals surface area contributed by atoms with Crippen LogP contribution >= 0.6 is 15.9 Å². The van der Waals surface area contributed by atoms with Crippen molar-refractivity contribution >= 4 is 33.6 Å². The highest BCUT2D eigenvalue weighted by Crippen LogP contribution is 2.31. The van der Waals surface area contributed by atoms with E-state index in [-0.39, 0.29) is 17.6 Å². The minimum atomic E-state index is -1.06. The highest BCUT2D eigenvalue weighted by Gasteiger charge is 2.33. The summed E-state index contributed by atoms with van der Waals surface area (Å²) in [6.07, 6.45) is 2.03. The van der Waals surface area contributed by atoms with Gasteiger partial charge in [-0.1, -0.05) is 19.9 Å². The number of rotatable bonds is 5. The van der Waals surface area contributed by atoms with Gasteiger partial charge in [-0.25, -0.2) is 9.59 Å². The Morgan fingerprint density at radius 3 is 2.62 bits per heavy atom. The molecule has 0 heterocycles. The Kier molecular flexibility index (Phi) is 4.88. The number of anilines is 1. The van der Waals surface area contributed by atoms with Crippen LogP contribution in [0.5, 0.6) is 0 Å². The molecule has 1 fully saturated rings. The van der Waals surface area contributed by atoms with Crippen LogP contribution < -0.4 is 5.32 Å². The van der Waals surface area contributed by atoms with Crippen LogP contribution in [-0.4, -0.2) is 34.6 Å². The molecule has 21 heavy (non-hydrogen) atoms. The van der Waals surface area contributed by atoms with Crippen molar-refractivity contribution < 1.29 is 14.7 Å². The van der Waals surface area contributed by atoms with Crippen molar-refractivity contribution in [1.82, 2.24) is 4.90 Å². The zero-order valence-corrected chi connectivity index (χ0v) is 13.7. The second-order valence-electron chi connectivity index (χ2n) is 5.68. The summed E-state index contributed by atoms with van der Waals surface area (Å²) in [6.45, 7) is 4.79. The van der Waals surface area contributed by atoms with Gasteiger partial charge in [0.1, 0.15) is 0 Å². The number of para-hydroxylation sites is 1. The SMILES string of the molecule is CC(C)CN(C(=O)Nc1c(Br)cccc1C(=O)O)C1CC1. The van der Waals surface area contributed by atoms with Crippen LogP contribution in [-0.2, 0) is 0 Å². The fourth-order valence-electron chi connectivity index (χ4n) is 2.19. The number of hydrogen-bond acceptors (Lipinski definition) is 2. The van der Waals surface area contributed by atoms with E-state index < -0.39 is 5.97 Å². The number of carbonyl (C=O) groups is 2. The molecule has 114 valence electrons. The Bertz CT molecular complexity index is 556. The van der Waals surface area contributed by atoms with Crippen LogP contribution in [0.15, 0.2) is 22.7 Å². The number of nitrogens with zero attached hydrogens (tertiary/aromatic N) is 1. The minimum absolute atomic E-state index is 0.0815. The lowest BCUT2D eigenvalue weighted by Crippen LogP contribution is -2.39. The van der Waals surface area contributed by atoms with E-state index in [9.17, 15) is 14.7 Å². The van der Waals surface area contributed by atoms with Crippen LogP contribution in [0.4, 0.5) is 10.5 Å². The summed E-state index contributed by atoms with van der Waals surface area (Å²) < 4.78 is 0.566. The van der Waals surface area contributed by atoms with Crippen molar-refractivity contribution in [3.8, 4) is 0 Å². The molecule has 0 saturated heterocycles. The smallest absolute Gasteiger partial charge is 0.337 e. The first-order valence-electron chi connectivity index (χ1n) is 6.99. The minimum Gasteiger partial charge on any atom is -0.478 e. The molecule has 0 aliphatic heterocycles. The van der Waals surface area contributed by atoms with Gasteiger partial charge in [-0.3, -0.25) is 0 Å². The molecule has 1 aliphatic carbocycles. The molecule has 0 radical (unpaired) electrons. The molecule has 0 aromatic heterocycles.